The topological polar surface area (TPSA) is 51.8 Å². The van der Waals surface area contributed by atoms with E-state index in [1.807, 2.05) is 24.4 Å². The molecule has 0 aliphatic rings. The Kier molecular flexibility index (Phi) is 13.1. The van der Waals surface area contributed by atoms with Crippen LogP contribution in [0, 0.1) is 24.0 Å². The number of aromatic nitrogens is 3. The number of fused-ring (bicyclic) bond motifs is 3. The van der Waals surface area contributed by atoms with Gasteiger partial charge in [-0.15, -0.1) is 23.8 Å². The van der Waals surface area contributed by atoms with Crippen LogP contribution in [0.4, 0.5) is 0 Å². The molecule has 265 valence electrons. The molecule has 2 aromatic carbocycles. The van der Waals surface area contributed by atoms with Crippen LogP contribution in [0.25, 0.3) is 44.6 Å². The van der Waals surface area contributed by atoms with Gasteiger partial charge in [-0.2, -0.15) is 0 Å². The molecule has 4 aromatic heterocycles. The van der Waals surface area contributed by atoms with Crippen molar-refractivity contribution in [2.45, 2.75) is 96.8 Å². The minimum atomic E-state index is -1.87. The molecule has 50 heavy (non-hydrogen) atoms. The minimum Gasteiger partial charge on any atom is 0 e. The SMILES string of the molecule is CC(C)C(C)c1ccnc(-c2[c-]cc3oc4nc(C(C)(C)C)ccc4c3c2)c1.CCC(C)Cc1cc(-c2[c-]cccc2)nc[c]1[Ge]([CH3])([CH3])[CH3].[Ir]. The second-order valence-corrected chi connectivity index (χ2v) is 26.6. The van der Waals surface area contributed by atoms with E-state index in [9.17, 15) is 0 Å². The summed E-state index contributed by atoms with van der Waals surface area (Å²) in [4.78, 5) is 14.1. The van der Waals surface area contributed by atoms with Crippen molar-refractivity contribution in [2.75, 3.05) is 0 Å². The van der Waals surface area contributed by atoms with E-state index in [4.69, 9.17) is 14.4 Å². The molecule has 4 heterocycles. The first kappa shape index (κ1) is 39.7. The smallest absolute Gasteiger partial charge is 0 e. The molecule has 0 aliphatic heterocycles. The molecule has 6 rings (SSSR count). The zero-order valence-electron chi connectivity index (χ0n) is 31.7. The third kappa shape index (κ3) is 9.40. The van der Waals surface area contributed by atoms with Gasteiger partial charge in [0.1, 0.15) is 0 Å². The van der Waals surface area contributed by atoms with Crippen molar-refractivity contribution in [3.05, 3.63) is 108 Å². The van der Waals surface area contributed by atoms with Crippen molar-refractivity contribution in [1.82, 2.24) is 15.0 Å². The van der Waals surface area contributed by atoms with Gasteiger partial charge in [0.25, 0.3) is 0 Å². The summed E-state index contributed by atoms with van der Waals surface area (Å²) in [5, 5.41) is 2.09. The molecule has 0 saturated carbocycles. The van der Waals surface area contributed by atoms with E-state index in [0.717, 1.165) is 56.9 Å². The van der Waals surface area contributed by atoms with Crippen LogP contribution in [0.5, 0.6) is 0 Å². The second kappa shape index (κ2) is 16.5. The quantitative estimate of drug-likeness (QED) is 0.113. The molecule has 0 amide bonds. The number of nitrogens with zero attached hydrogens (tertiary/aromatic N) is 3. The summed E-state index contributed by atoms with van der Waals surface area (Å²) in [5.74, 6) is 9.15. The molecular weight excluding hydrogens is 851 g/mol. The molecule has 2 atom stereocenters. The van der Waals surface area contributed by atoms with Crippen LogP contribution in [0.1, 0.15) is 84.5 Å². The van der Waals surface area contributed by atoms with Crippen LogP contribution in [-0.4, -0.2) is 28.2 Å². The molecule has 6 heteroatoms. The second-order valence-electron chi connectivity index (χ2n) is 16.0. The Morgan fingerprint density at radius 2 is 1.58 bits per heavy atom. The van der Waals surface area contributed by atoms with Crippen LogP contribution in [0.2, 0.25) is 17.3 Å². The maximum Gasteiger partial charge on any atom is 0 e. The van der Waals surface area contributed by atoms with Crippen molar-refractivity contribution >= 4 is 39.7 Å². The Balaban J connectivity index is 0.000000230. The maximum absolute atomic E-state index is 6.01. The molecule has 0 spiro atoms. The summed E-state index contributed by atoms with van der Waals surface area (Å²) in [6.45, 7) is 17.9. The normalized spacial score (nSPS) is 13.1. The fourth-order valence-corrected chi connectivity index (χ4v) is 9.32. The first-order chi connectivity index (χ1) is 23.2. The van der Waals surface area contributed by atoms with Crippen molar-refractivity contribution in [3.63, 3.8) is 0 Å². The zero-order chi connectivity index (χ0) is 35.5. The first-order valence-electron chi connectivity index (χ1n) is 17.8. The van der Waals surface area contributed by atoms with Crippen molar-refractivity contribution in [2.24, 2.45) is 11.8 Å². The van der Waals surface area contributed by atoms with E-state index in [1.165, 1.54) is 17.5 Å². The number of furan rings is 1. The van der Waals surface area contributed by atoms with Gasteiger partial charge in [0, 0.05) is 42.8 Å². The molecule has 0 fully saturated rings. The number of pyridine rings is 3. The Hall–Kier alpha value is -3.12. The number of hydrogen-bond donors (Lipinski definition) is 0. The molecular formula is C44H53GeIrN3O-2. The standard InChI is InChI=1S/C25H27N2O.C19H26GeN.Ir/c1-15(2)16(3)17-11-12-26-21(14-17)18-7-9-22-20(13-18)19-8-10-23(25(4,5)6)27-24(19)28-22;1-6-15(2)12-17-13-19(16-10-8-7-9-11-16)21-14-18(17)20(3,4)5;/h8-16H,1-6H3;7-10,13-15H,6,12H2,1-5H3;/q2*-1;. The molecule has 2 unspecified atom stereocenters. The van der Waals surface area contributed by atoms with E-state index in [-0.39, 0.29) is 25.5 Å². The van der Waals surface area contributed by atoms with Gasteiger partial charge >= 0.3 is 132 Å². The minimum absolute atomic E-state index is 0. The Morgan fingerprint density at radius 1 is 0.840 bits per heavy atom. The monoisotopic (exact) mass is 906 g/mol. The predicted octanol–water partition coefficient (Wildman–Crippen LogP) is 11.6. The van der Waals surface area contributed by atoms with Crippen molar-refractivity contribution in [1.29, 1.82) is 0 Å². The van der Waals surface area contributed by atoms with Crippen LogP contribution in [-0.2, 0) is 31.9 Å². The van der Waals surface area contributed by atoms with Crippen LogP contribution in [0.3, 0.4) is 0 Å². The van der Waals surface area contributed by atoms with Gasteiger partial charge in [0.15, 0.2) is 0 Å². The summed E-state index contributed by atoms with van der Waals surface area (Å²) in [7, 11) is 0. The Bertz CT molecular complexity index is 2020. The van der Waals surface area contributed by atoms with E-state index in [1.54, 1.807) is 4.40 Å². The zero-order valence-corrected chi connectivity index (χ0v) is 36.2. The van der Waals surface area contributed by atoms with Gasteiger partial charge in [-0.3, -0.25) is 0 Å². The number of rotatable bonds is 8. The van der Waals surface area contributed by atoms with Crippen molar-refractivity contribution in [3.8, 4) is 22.5 Å². The van der Waals surface area contributed by atoms with Crippen LogP contribution >= 0.6 is 0 Å². The van der Waals surface area contributed by atoms with Crippen LogP contribution in [0.15, 0.2) is 83.5 Å². The van der Waals surface area contributed by atoms with E-state index in [0.29, 0.717) is 17.5 Å². The van der Waals surface area contributed by atoms with E-state index < -0.39 is 13.3 Å². The fraction of sp³-hybridized carbons (Fsp3) is 0.386. The molecule has 0 saturated heterocycles. The van der Waals surface area contributed by atoms with Crippen LogP contribution < -0.4 is 4.40 Å². The van der Waals surface area contributed by atoms with Gasteiger partial charge in [-0.05, 0) is 35.7 Å². The van der Waals surface area contributed by atoms with Gasteiger partial charge in [-0.25, -0.2) is 4.98 Å². The van der Waals surface area contributed by atoms with Gasteiger partial charge in [0.2, 0.25) is 5.71 Å². The molecule has 0 aliphatic carbocycles. The molecule has 6 aromatic rings. The molecule has 4 nitrogen and oxygen atoms in total. The Labute approximate surface area is 316 Å². The number of hydrogen-bond acceptors (Lipinski definition) is 4. The molecule has 0 N–H and O–H groups in total. The summed E-state index contributed by atoms with van der Waals surface area (Å²) >= 11 is -1.87. The number of benzene rings is 2. The largest absolute Gasteiger partial charge is 0 e. The van der Waals surface area contributed by atoms with Gasteiger partial charge in [0.05, 0.1) is 5.58 Å². The summed E-state index contributed by atoms with van der Waals surface area (Å²) in [5.41, 5.74) is 9.41. The van der Waals surface area contributed by atoms with Gasteiger partial charge < -0.3 is 9.40 Å². The molecule has 0 bridgehead atoms. The third-order valence-electron chi connectivity index (χ3n) is 9.67. The van der Waals surface area contributed by atoms with Gasteiger partial charge in [-0.1, -0.05) is 58.6 Å². The summed E-state index contributed by atoms with van der Waals surface area (Å²) in [6.07, 6.45) is 6.43. The summed E-state index contributed by atoms with van der Waals surface area (Å²) in [6, 6.07) is 29.6. The Morgan fingerprint density at radius 3 is 2.22 bits per heavy atom. The molecule has 1 radical (unpaired) electrons. The maximum atomic E-state index is 6.01. The first-order valence-corrected chi connectivity index (χ1v) is 25.2. The third-order valence-corrected chi connectivity index (χ3v) is 14.0. The van der Waals surface area contributed by atoms with E-state index >= 15 is 0 Å². The fourth-order valence-electron chi connectivity index (χ4n) is 5.99. The predicted molar refractivity (Wildman–Crippen MR) is 210 cm³/mol. The van der Waals surface area contributed by atoms with Crippen molar-refractivity contribution < 1.29 is 24.5 Å². The van der Waals surface area contributed by atoms with E-state index in [2.05, 4.69) is 145 Å². The average Bonchev–Trinajstić information content (AvgIpc) is 3.45. The average molecular weight is 905 g/mol. The summed E-state index contributed by atoms with van der Waals surface area (Å²) < 4.78 is 7.56.